The van der Waals surface area contributed by atoms with E-state index in [-0.39, 0.29) is 11.5 Å². The molecule has 22 heavy (non-hydrogen) atoms. The van der Waals surface area contributed by atoms with Crippen molar-refractivity contribution in [2.45, 2.75) is 26.2 Å². The second kappa shape index (κ2) is 5.79. The van der Waals surface area contributed by atoms with E-state index < -0.39 is 11.6 Å². The summed E-state index contributed by atoms with van der Waals surface area (Å²) >= 11 is 0. The molecule has 0 saturated carbocycles. The number of rotatable bonds is 2. The minimum absolute atomic E-state index is 0.0176. The van der Waals surface area contributed by atoms with Gasteiger partial charge in [-0.15, -0.1) is 0 Å². The molecular formula is C18H16F2N2. The maximum absolute atomic E-state index is 14.3. The fourth-order valence-corrected chi connectivity index (χ4v) is 2.93. The lowest BCUT2D eigenvalue weighted by molar-refractivity contribution is 0.588. The summed E-state index contributed by atoms with van der Waals surface area (Å²) in [6, 6.07) is 3.91. The highest BCUT2D eigenvalue weighted by atomic mass is 19.1. The Balaban J connectivity index is 2.29. The first-order valence-corrected chi connectivity index (χ1v) is 7.21. The summed E-state index contributed by atoms with van der Waals surface area (Å²) in [5.74, 6) is -1.10. The zero-order valence-corrected chi connectivity index (χ0v) is 12.5. The fourth-order valence-electron chi connectivity index (χ4n) is 2.93. The van der Waals surface area contributed by atoms with Crippen LogP contribution in [0.4, 0.5) is 8.78 Å². The summed E-state index contributed by atoms with van der Waals surface area (Å²) in [4.78, 5) is 0. The summed E-state index contributed by atoms with van der Waals surface area (Å²) in [5.41, 5.74) is 2.59. The maximum atomic E-state index is 14.3. The molecule has 1 atom stereocenters. The Hall–Kier alpha value is -2.36. The molecule has 112 valence electrons. The average molecular weight is 298 g/mol. The lowest BCUT2D eigenvalue weighted by Crippen LogP contribution is -2.09. The van der Waals surface area contributed by atoms with Crippen molar-refractivity contribution in [3.63, 3.8) is 0 Å². The third kappa shape index (κ3) is 2.45. The number of hydrogen-bond acceptors (Lipinski definition) is 2. The molecule has 0 aliphatic heterocycles. The van der Waals surface area contributed by atoms with Gasteiger partial charge in [0, 0.05) is 11.5 Å². The van der Waals surface area contributed by atoms with Crippen LogP contribution in [-0.2, 0) is 0 Å². The molecule has 1 aliphatic rings. The normalized spacial score (nSPS) is 17.0. The maximum Gasteiger partial charge on any atom is 0.134 e. The second-order valence-electron chi connectivity index (χ2n) is 5.41. The third-order valence-corrected chi connectivity index (χ3v) is 3.94. The first-order chi connectivity index (χ1) is 10.6. The molecular weight excluding hydrogens is 282 g/mol. The van der Waals surface area contributed by atoms with E-state index >= 15 is 0 Å². The molecule has 1 unspecified atom stereocenters. The van der Waals surface area contributed by atoms with Crippen LogP contribution in [0.25, 0.3) is 11.1 Å². The zero-order valence-electron chi connectivity index (χ0n) is 12.5. The fraction of sp³-hybridized carbons (Fsp3) is 0.222. The molecule has 0 N–H and O–H groups in total. The van der Waals surface area contributed by atoms with Gasteiger partial charge in [-0.05, 0) is 38.0 Å². The van der Waals surface area contributed by atoms with E-state index in [1.807, 2.05) is 31.2 Å². The molecule has 2 nitrogen and oxygen atoms in total. The second-order valence-corrected chi connectivity index (χ2v) is 5.41. The molecule has 2 aromatic rings. The van der Waals surface area contributed by atoms with Gasteiger partial charge in [0.1, 0.15) is 11.6 Å². The molecule has 0 fully saturated rings. The van der Waals surface area contributed by atoms with Crippen LogP contribution in [0.3, 0.4) is 0 Å². The molecule has 0 radical (unpaired) electrons. The Morgan fingerprint density at radius 2 is 1.64 bits per heavy atom. The first-order valence-electron chi connectivity index (χ1n) is 7.21. The monoisotopic (exact) mass is 298 g/mol. The van der Waals surface area contributed by atoms with Gasteiger partial charge in [-0.2, -0.15) is 10.2 Å². The van der Waals surface area contributed by atoms with Crippen molar-refractivity contribution in [2.24, 2.45) is 0 Å². The van der Waals surface area contributed by atoms with Gasteiger partial charge in [0.25, 0.3) is 0 Å². The highest BCUT2D eigenvalue weighted by molar-refractivity contribution is 5.72. The quantitative estimate of drug-likeness (QED) is 0.807. The van der Waals surface area contributed by atoms with Crippen LogP contribution in [0, 0.1) is 25.5 Å². The van der Waals surface area contributed by atoms with Gasteiger partial charge < -0.3 is 0 Å². The molecule has 4 heteroatoms. The number of allylic oxidation sites excluding steroid dienone is 4. The van der Waals surface area contributed by atoms with E-state index in [0.717, 1.165) is 12.0 Å². The largest absolute Gasteiger partial charge is 0.206 e. The van der Waals surface area contributed by atoms with E-state index in [9.17, 15) is 8.78 Å². The molecule has 1 aliphatic carbocycles. The van der Waals surface area contributed by atoms with Crippen LogP contribution in [-0.4, -0.2) is 10.2 Å². The lowest BCUT2D eigenvalue weighted by Gasteiger charge is -2.21. The Morgan fingerprint density at radius 1 is 0.955 bits per heavy atom. The van der Waals surface area contributed by atoms with Crippen LogP contribution in [0.1, 0.15) is 29.3 Å². The first kappa shape index (κ1) is 14.6. The summed E-state index contributed by atoms with van der Waals surface area (Å²) in [6.07, 6.45) is 8.78. The molecule has 1 heterocycles. The molecule has 0 amide bonds. The number of hydrogen-bond donors (Lipinski definition) is 0. The van der Waals surface area contributed by atoms with E-state index in [0.29, 0.717) is 17.0 Å². The smallest absolute Gasteiger partial charge is 0.134 e. The Kier molecular flexibility index (Phi) is 3.84. The third-order valence-electron chi connectivity index (χ3n) is 3.94. The van der Waals surface area contributed by atoms with Gasteiger partial charge in [0.2, 0.25) is 0 Å². The van der Waals surface area contributed by atoms with E-state index in [1.165, 1.54) is 18.2 Å². The molecule has 3 rings (SSSR count). The van der Waals surface area contributed by atoms with Gasteiger partial charge in [-0.3, -0.25) is 0 Å². The number of nitrogens with zero attached hydrogens (tertiary/aromatic N) is 2. The predicted octanol–water partition coefficient (Wildman–Crippen LogP) is 4.64. The molecule has 0 spiro atoms. The van der Waals surface area contributed by atoms with Gasteiger partial charge >= 0.3 is 0 Å². The number of halogens is 2. The van der Waals surface area contributed by atoms with Crippen molar-refractivity contribution < 1.29 is 8.78 Å². The lowest BCUT2D eigenvalue weighted by atomic mass is 9.85. The van der Waals surface area contributed by atoms with Crippen LogP contribution in [0.5, 0.6) is 0 Å². The van der Waals surface area contributed by atoms with E-state index in [4.69, 9.17) is 0 Å². The molecule has 1 aromatic heterocycles. The van der Waals surface area contributed by atoms with Gasteiger partial charge in [0.05, 0.1) is 17.0 Å². The van der Waals surface area contributed by atoms with Crippen molar-refractivity contribution in [3.05, 3.63) is 71.1 Å². The highest BCUT2D eigenvalue weighted by Crippen LogP contribution is 2.38. The standard InChI is InChI=1S/C18H16F2N2/c1-11-16(13-7-4-3-5-8-13)17(12(2)22-21-11)18-14(19)9-6-10-15(18)20/h3-7,9-10,13H,8H2,1-2H3. The van der Waals surface area contributed by atoms with Crippen molar-refractivity contribution in [1.82, 2.24) is 10.2 Å². The molecule has 0 saturated heterocycles. The van der Waals surface area contributed by atoms with Crippen LogP contribution >= 0.6 is 0 Å². The van der Waals surface area contributed by atoms with Crippen LogP contribution in [0.15, 0.2) is 42.5 Å². The van der Waals surface area contributed by atoms with Gasteiger partial charge in [-0.25, -0.2) is 8.78 Å². The SMILES string of the molecule is Cc1nnc(C)c(C2C=CC=CC2)c1-c1c(F)cccc1F. The summed E-state index contributed by atoms with van der Waals surface area (Å²) in [5, 5.41) is 8.21. The van der Waals surface area contributed by atoms with Gasteiger partial charge in [0.15, 0.2) is 0 Å². The van der Waals surface area contributed by atoms with Crippen molar-refractivity contribution >= 4 is 0 Å². The summed E-state index contributed by atoms with van der Waals surface area (Å²) < 4.78 is 28.5. The Bertz CT molecular complexity index is 759. The number of aryl methyl sites for hydroxylation is 2. The Morgan fingerprint density at radius 3 is 2.27 bits per heavy atom. The average Bonchev–Trinajstić information content (AvgIpc) is 2.51. The zero-order chi connectivity index (χ0) is 15.7. The minimum atomic E-state index is -0.577. The Labute approximate surface area is 128 Å². The molecule has 0 bridgehead atoms. The summed E-state index contributed by atoms with van der Waals surface area (Å²) in [6.45, 7) is 3.57. The predicted molar refractivity (Wildman–Crippen MR) is 82.5 cm³/mol. The van der Waals surface area contributed by atoms with E-state index in [1.54, 1.807) is 6.92 Å². The topological polar surface area (TPSA) is 25.8 Å². The van der Waals surface area contributed by atoms with E-state index in [2.05, 4.69) is 10.2 Å². The van der Waals surface area contributed by atoms with Crippen molar-refractivity contribution in [2.75, 3.05) is 0 Å². The van der Waals surface area contributed by atoms with Crippen LogP contribution in [0.2, 0.25) is 0 Å². The highest BCUT2D eigenvalue weighted by Gasteiger charge is 2.24. The summed E-state index contributed by atoms with van der Waals surface area (Å²) in [7, 11) is 0. The molecule has 1 aromatic carbocycles. The van der Waals surface area contributed by atoms with Crippen LogP contribution < -0.4 is 0 Å². The van der Waals surface area contributed by atoms with Crippen molar-refractivity contribution in [1.29, 1.82) is 0 Å². The van der Waals surface area contributed by atoms with Crippen molar-refractivity contribution in [3.8, 4) is 11.1 Å². The minimum Gasteiger partial charge on any atom is -0.206 e. The van der Waals surface area contributed by atoms with Gasteiger partial charge in [-0.1, -0.05) is 30.4 Å². The number of benzene rings is 1. The number of aromatic nitrogens is 2.